The van der Waals surface area contributed by atoms with Crippen molar-refractivity contribution in [2.24, 2.45) is 58.2 Å². The van der Waals surface area contributed by atoms with Crippen molar-refractivity contribution >= 4 is 0 Å². The lowest BCUT2D eigenvalue weighted by atomic mass is 9.43. The average Bonchev–Trinajstić information content (AvgIpc) is 3.06. The Morgan fingerprint density at radius 2 is 1.65 bits per heavy atom. The molecule has 4 saturated carbocycles. The highest BCUT2D eigenvalue weighted by Crippen LogP contribution is 2.68. The molecule has 0 aromatic heterocycles. The fourth-order valence-corrected chi connectivity index (χ4v) is 10.1. The zero-order valence-electron chi connectivity index (χ0n) is 21.8. The Morgan fingerprint density at radius 1 is 0.903 bits per heavy atom. The Labute approximate surface area is 194 Å². The van der Waals surface area contributed by atoms with Gasteiger partial charge in [0.25, 0.3) is 0 Å². The zero-order valence-corrected chi connectivity index (χ0v) is 21.8. The molecule has 4 aliphatic carbocycles. The lowest BCUT2D eigenvalue weighted by Crippen LogP contribution is -2.55. The van der Waals surface area contributed by atoms with Gasteiger partial charge in [-0.1, -0.05) is 67.2 Å². The van der Waals surface area contributed by atoms with E-state index in [0.29, 0.717) is 16.7 Å². The highest BCUT2D eigenvalue weighted by molar-refractivity contribution is 5.10. The molecular formula is C30H54O. The van der Waals surface area contributed by atoms with Crippen molar-refractivity contribution in [3.05, 3.63) is 0 Å². The molecule has 0 amide bonds. The minimum atomic E-state index is -0.0222. The third kappa shape index (κ3) is 4.28. The molecule has 31 heavy (non-hydrogen) atoms. The fourth-order valence-electron chi connectivity index (χ4n) is 10.1. The second kappa shape index (κ2) is 9.31. The minimum Gasteiger partial charge on any atom is -0.393 e. The molecule has 0 aromatic carbocycles. The van der Waals surface area contributed by atoms with Gasteiger partial charge in [-0.05, 0) is 116 Å². The molecule has 4 fully saturated rings. The number of aliphatic hydroxyl groups excluding tert-OH is 1. The van der Waals surface area contributed by atoms with Crippen molar-refractivity contribution in [1.29, 1.82) is 0 Å². The van der Waals surface area contributed by atoms with Crippen LogP contribution in [0.3, 0.4) is 0 Å². The molecule has 0 spiro atoms. The zero-order chi connectivity index (χ0) is 22.4. The molecule has 1 nitrogen and oxygen atoms in total. The van der Waals surface area contributed by atoms with E-state index in [2.05, 4.69) is 41.5 Å². The van der Waals surface area contributed by atoms with Crippen LogP contribution in [-0.2, 0) is 0 Å². The molecule has 0 heterocycles. The quantitative estimate of drug-likeness (QED) is 0.429. The van der Waals surface area contributed by atoms with Crippen LogP contribution < -0.4 is 0 Å². The highest BCUT2D eigenvalue weighted by atomic mass is 16.3. The molecule has 4 rings (SSSR count). The molecule has 1 N–H and O–H groups in total. The maximum absolute atomic E-state index is 10.8. The van der Waals surface area contributed by atoms with E-state index in [1.54, 1.807) is 0 Å². The monoisotopic (exact) mass is 430 g/mol. The van der Waals surface area contributed by atoms with Crippen LogP contribution >= 0.6 is 0 Å². The molecule has 0 aromatic rings. The molecule has 0 aliphatic heterocycles. The third-order valence-corrected chi connectivity index (χ3v) is 11.7. The number of fused-ring (bicyclic) bond motifs is 5. The summed E-state index contributed by atoms with van der Waals surface area (Å²) in [4.78, 5) is 0. The molecule has 180 valence electrons. The summed E-state index contributed by atoms with van der Waals surface area (Å²) in [5.74, 6) is 6.99. The normalized spacial score (nSPS) is 48.2. The molecule has 1 heteroatoms. The van der Waals surface area contributed by atoms with Gasteiger partial charge in [0.15, 0.2) is 0 Å². The predicted molar refractivity (Wildman–Crippen MR) is 133 cm³/mol. The first-order chi connectivity index (χ1) is 14.7. The van der Waals surface area contributed by atoms with Crippen LogP contribution in [0.5, 0.6) is 0 Å². The van der Waals surface area contributed by atoms with Gasteiger partial charge in [-0.15, -0.1) is 0 Å². The first-order valence-electron chi connectivity index (χ1n) is 14.4. The van der Waals surface area contributed by atoms with E-state index >= 15 is 0 Å². The van der Waals surface area contributed by atoms with E-state index in [9.17, 15) is 5.11 Å². The average molecular weight is 431 g/mol. The van der Waals surface area contributed by atoms with Crippen molar-refractivity contribution in [3.8, 4) is 0 Å². The van der Waals surface area contributed by atoms with Crippen LogP contribution in [0.25, 0.3) is 0 Å². The molecule has 0 saturated heterocycles. The van der Waals surface area contributed by atoms with Crippen molar-refractivity contribution in [2.75, 3.05) is 0 Å². The second-order valence-corrected chi connectivity index (χ2v) is 13.7. The number of hydrogen-bond acceptors (Lipinski definition) is 1. The van der Waals surface area contributed by atoms with E-state index in [1.807, 2.05) is 0 Å². The Balaban J connectivity index is 1.47. The Hall–Kier alpha value is -0.0400. The first kappa shape index (κ1) is 24.1. The predicted octanol–water partition coefficient (Wildman–Crippen LogP) is 8.49. The van der Waals surface area contributed by atoms with Crippen LogP contribution in [0.15, 0.2) is 0 Å². The Kier molecular flexibility index (Phi) is 7.23. The molecule has 0 bridgehead atoms. The van der Waals surface area contributed by atoms with Gasteiger partial charge in [-0.3, -0.25) is 0 Å². The van der Waals surface area contributed by atoms with E-state index in [0.717, 1.165) is 47.8 Å². The maximum Gasteiger partial charge on any atom is 0.0571 e. The lowest BCUT2D eigenvalue weighted by molar-refractivity contribution is -0.145. The van der Waals surface area contributed by atoms with Crippen molar-refractivity contribution in [3.63, 3.8) is 0 Å². The van der Waals surface area contributed by atoms with Crippen molar-refractivity contribution in [2.45, 2.75) is 131 Å². The lowest BCUT2D eigenvalue weighted by Gasteiger charge is -2.62. The number of aliphatic hydroxyl groups is 1. The maximum atomic E-state index is 10.8. The summed E-state index contributed by atoms with van der Waals surface area (Å²) >= 11 is 0. The van der Waals surface area contributed by atoms with Crippen LogP contribution in [0.1, 0.15) is 125 Å². The van der Waals surface area contributed by atoms with Gasteiger partial charge in [0.2, 0.25) is 0 Å². The van der Waals surface area contributed by atoms with E-state index in [4.69, 9.17) is 0 Å². The summed E-state index contributed by atoms with van der Waals surface area (Å²) in [6.07, 6.45) is 18.0. The van der Waals surface area contributed by atoms with Gasteiger partial charge in [-0.2, -0.15) is 0 Å². The van der Waals surface area contributed by atoms with Crippen LogP contribution in [0, 0.1) is 58.2 Å². The second-order valence-electron chi connectivity index (χ2n) is 13.7. The number of rotatable bonds is 7. The van der Waals surface area contributed by atoms with Crippen LogP contribution in [0.4, 0.5) is 0 Å². The summed E-state index contributed by atoms with van der Waals surface area (Å²) in [6.45, 7) is 15.1. The van der Waals surface area contributed by atoms with E-state index < -0.39 is 0 Å². The molecule has 0 radical (unpaired) electrons. The van der Waals surface area contributed by atoms with Gasteiger partial charge in [-0.25, -0.2) is 0 Å². The van der Waals surface area contributed by atoms with Gasteiger partial charge in [0.1, 0.15) is 0 Å². The van der Waals surface area contributed by atoms with Gasteiger partial charge < -0.3 is 5.11 Å². The van der Waals surface area contributed by atoms with Crippen molar-refractivity contribution in [1.82, 2.24) is 0 Å². The minimum absolute atomic E-state index is 0.0222. The molecule has 3 unspecified atom stereocenters. The van der Waals surface area contributed by atoms with Crippen LogP contribution in [0.2, 0.25) is 0 Å². The topological polar surface area (TPSA) is 20.2 Å². The molecular weight excluding hydrogens is 376 g/mol. The SMILES string of the molecule is CCCC1C[C@@]2(C)C(CC[C@H]3[C@@H]4CC[C@H]([C@H](C)CCCC(C)C)[C@@]4(C)CC[C@@H]32)CC1O. The first-order valence-corrected chi connectivity index (χ1v) is 14.4. The fraction of sp³-hybridized carbons (Fsp3) is 1.00. The van der Waals surface area contributed by atoms with Gasteiger partial charge in [0, 0.05) is 0 Å². The van der Waals surface area contributed by atoms with Crippen LogP contribution in [-0.4, -0.2) is 11.2 Å². The van der Waals surface area contributed by atoms with Gasteiger partial charge in [0.05, 0.1) is 6.10 Å². The summed E-state index contributed by atoms with van der Waals surface area (Å²) in [5.41, 5.74) is 1.11. The van der Waals surface area contributed by atoms with E-state index in [-0.39, 0.29) is 6.10 Å². The van der Waals surface area contributed by atoms with Gasteiger partial charge >= 0.3 is 0 Å². The summed E-state index contributed by atoms with van der Waals surface area (Å²) in [7, 11) is 0. The number of hydrogen-bond donors (Lipinski definition) is 1. The van der Waals surface area contributed by atoms with E-state index in [1.165, 1.54) is 77.0 Å². The van der Waals surface area contributed by atoms with Crippen molar-refractivity contribution < 1.29 is 5.11 Å². The Morgan fingerprint density at radius 3 is 2.35 bits per heavy atom. The third-order valence-electron chi connectivity index (χ3n) is 11.7. The smallest absolute Gasteiger partial charge is 0.0571 e. The molecule has 10 atom stereocenters. The summed E-state index contributed by atoms with van der Waals surface area (Å²) in [6, 6.07) is 0. The summed E-state index contributed by atoms with van der Waals surface area (Å²) in [5, 5.41) is 10.8. The Bertz CT molecular complexity index is 597. The largest absolute Gasteiger partial charge is 0.393 e. The molecule has 4 aliphatic rings. The standard InChI is InChI=1S/C30H54O/c1-7-9-22-19-30(6)23(18-28(22)31)12-13-24-26-15-14-25(21(4)11-8-10-20(2)3)29(26,5)17-16-27(24)30/h20-28,31H,7-19H2,1-6H3/t21-,22?,23?,24+,25-,26+,27+,28?,29-,30+/m1/s1. The summed E-state index contributed by atoms with van der Waals surface area (Å²) < 4.78 is 0. The highest BCUT2D eigenvalue weighted by Gasteiger charge is 2.61.